The van der Waals surface area contributed by atoms with Crippen LogP contribution in [-0.2, 0) is 13.5 Å². The molecule has 13 heavy (non-hydrogen) atoms. The molecule has 0 saturated carbocycles. The summed E-state index contributed by atoms with van der Waals surface area (Å²) in [5.74, 6) is 1.72. The fourth-order valence-corrected chi connectivity index (χ4v) is 1.93. The highest BCUT2D eigenvalue weighted by molar-refractivity contribution is 5.51. The second kappa shape index (κ2) is 3.02. The minimum atomic E-state index is 0.518. The number of aromatic nitrogens is 2. The third kappa shape index (κ3) is 1.30. The number of allylic oxidation sites excluding steroid dienone is 1. The Kier molecular flexibility index (Phi) is 1.98. The monoisotopic (exact) mass is 176 g/mol. The summed E-state index contributed by atoms with van der Waals surface area (Å²) in [4.78, 5) is 4.63. The van der Waals surface area contributed by atoms with Crippen molar-refractivity contribution in [2.75, 3.05) is 0 Å². The van der Waals surface area contributed by atoms with Crippen LogP contribution in [0, 0.1) is 0 Å². The standard InChI is InChI=1S/C11H16N2/c1-8(2)11-12-9-6-4-5-7-10(9)13(11)3/h4,6,8H,5,7H2,1-3H3. The van der Waals surface area contributed by atoms with Gasteiger partial charge in [-0.2, -0.15) is 0 Å². The first-order valence-electron chi connectivity index (χ1n) is 4.92. The van der Waals surface area contributed by atoms with Crippen molar-refractivity contribution in [3.63, 3.8) is 0 Å². The lowest BCUT2D eigenvalue weighted by Crippen LogP contribution is -2.04. The van der Waals surface area contributed by atoms with Crippen molar-refractivity contribution in [2.24, 2.45) is 7.05 Å². The smallest absolute Gasteiger partial charge is 0.111 e. The number of hydrogen-bond donors (Lipinski definition) is 0. The van der Waals surface area contributed by atoms with Gasteiger partial charge in [-0.1, -0.05) is 19.9 Å². The van der Waals surface area contributed by atoms with Crippen molar-refractivity contribution in [3.05, 3.63) is 23.3 Å². The molecule has 0 spiro atoms. The quantitative estimate of drug-likeness (QED) is 0.643. The number of hydrogen-bond acceptors (Lipinski definition) is 1. The molecular formula is C11H16N2. The average molecular weight is 176 g/mol. The highest BCUT2D eigenvalue weighted by atomic mass is 15.1. The normalized spacial score (nSPS) is 15.1. The van der Waals surface area contributed by atoms with Crippen molar-refractivity contribution < 1.29 is 0 Å². The van der Waals surface area contributed by atoms with Gasteiger partial charge >= 0.3 is 0 Å². The van der Waals surface area contributed by atoms with Gasteiger partial charge in [-0.15, -0.1) is 0 Å². The van der Waals surface area contributed by atoms with Gasteiger partial charge < -0.3 is 4.57 Å². The molecular weight excluding hydrogens is 160 g/mol. The second-order valence-electron chi connectivity index (χ2n) is 3.96. The van der Waals surface area contributed by atoms with E-state index in [0.717, 1.165) is 12.8 Å². The van der Waals surface area contributed by atoms with Gasteiger partial charge in [0.15, 0.2) is 0 Å². The predicted octanol–water partition coefficient (Wildman–Crippen LogP) is 2.50. The third-order valence-corrected chi connectivity index (χ3v) is 2.62. The zero-order valence-electron chi connectivity index (χ0n) is 8.54. The molecule has 0 aliphatic heterocycles. The van der Waals surface area contributed by atoms with Crippen LogP contribution in [0.1, 0.15) is 43.4 Å². The van der Waals surface area contributed by atoms with E-state index >= 15 is 0 Å². The summed E-state index contributed by atoms with van der Waals surface area (Å²) in [7, 11) is 2.13. The topological polar surface area (TPSA) is 17.8 Å². The molecule has 0 aromatic carbocycles. The number of nitrogens with zero attached hydrogens (tertiary/aromatic N) is 2. The number of fused-ring (bicyclic) bond motifs is 1. The van der Waals surface area contributed by atoms with Gasteiger partial charge in [0.25, 0.3) is 0 Å². The van der Waals surface area contributed by atoms with E-state index < -0.39 is 0 Å². The van der Waals surface area contributed by atoms with Crippen LogP contribution >= 0.6 is 0 Å². The average Bonchev–Trinajstić information content (AvgIpc) is 2.45. The van der Waals surface area contributed by atoms with E-state index in [9.17, 15) is 0 Å². The molecule has 1 aliphatic carbocycles. The SMILES string of the molecule is CC(C)c1nc2c(n1C)CCC=C2. The second-order valence-corrected chi connectivity index (χ2v) is 3.96. The van der Waals surface area contributed by atoms with Gasteiger partial charge in [-0.3, -0.25) is 0 Å². The molecule has 0 N–H and O–H groups in total. The fourth-order valence-electron chi connectivity index (χ4n) is 1.93. The molecule has 1 aliphatic rings. The van der Waals surface area contributed by atoms with Crippen molar-refractivity contribution in [2.45, 2.75) is 32.6 Å². The molecule has 2 heteroatoms. The molecule has 0 saturated heterocycles. The maximum atomic E-state index is 4.63. The van der Waals surface area contributed by atoms with Crippen LogP contribution in [0.25, 0.3) is 6.08 Å². The van der Waals surface area contributed by atoms with E-state index in [1.165, 1.54) is 17.2 Å². The van der Waals surface area contributed by atoms with Gasteiger partial charge in [0.05, 0.1) is 5.69 Å². The zero-order valence-corrected chi connectivity index (χ0v) is 8.54. The first-order chi connectivity index (χ1) is 6.20. The maximum absolute atomic E-state index is 4.63. The van der Waals surface area contributed by atoms with Gasteiger partial charge in [-0.05, 0) is 18.9 Å². The van der Waals surface area contributed by atoms with E-state index in [1.807, 2.05) is 0 Å². The van der Waals surface area contributed by atoms with Crippen molar-refractivity contribution in [3.8, 4) is 0 Å². The van der Waals surface area contributed by atoms with E-state index in [0.29, 0.717) is 5.92 Å². The summed E-state index contributed by atoms with van der Waals surface area (Å²) in [6.07, 6.45) is 6.65. The Morgan fingerprint density at radius 1 is 1.46 bits per heavy atom. The Bertz CT molecular complexity index is 345. The van der Waals surface area contributed by atoms with Crippen LogP contribution in [-0.4, -0.2) is 9.55 Å². The zero-order chi connectivity index (χ0) is 9.42. The fraction of sp³-hybridized carbons (Fsp3) is 0.545. The van der Waals surface area contributed by atoms with Crippen molar-refractivity contribution in [1.82, 2.24) is 9.55 Å². The first kappa shape index (κ1) is 8.54. The molecule has 0 unspecified atom stereocenters. The molecule has 0 atom stereocenters. The van der Waals surface area contributed by atoms with Crippen LogP contribution in [0.5, 0.6) is 0 Å². The minimum absolute atomic E-state index is 0.518. The van der Waals surface area contributed by atoms with Crippen LogP contribution in [0.2, 0.25) is 0 Å². The summed E-state index contributed by atoms with van der Waals surface area (Å²) >= 11 is 0. The number of imidazole rings is 1. The Labute approximate surface area is 79.3 Å². The summed E-state index contributed by atoms with van der Waals surface area (Å²) in [5.41, 5.74) is 2.57. The van der Waals surface area contributed by atoms with Gasteiger partial charge in [0.2, 0.25) is 0 Å². The van der Waals surface area contributed by atoms with E-state index in [4.69, 9.17) is 0 Å². The molecule has 1 aromatic rings. The lowest BCUT2D eigenvalue weighted by molar-refractivity contribution is 0.686. The molecule has 0 bridgehead atoms. The van der Waals surface area contributed by atoms with Crippen LogP contribution in [0.15, 0.2) is 6.08 Å². The molecule has 1 aromatic heterocycles. The van der Waals surface area contributed by atoms with Crippen molar-refractivity contribution >= 4 is 6.08 Å². The van der Waals surface area contributed by atoms with Gasteiger partial charge in [0, 0.05) is 18.7 Å². The van der Waals surface area contributed by atoms with Crippen LogP contribution in [0.4, 0.5) is 0 Å². The Morgan fingerprint density at radius 3 is 2.85 bits per heavy atom. The Morgan fingerprint density at radius 2 is 2.23 bits per heavy atom. The molecule has 2 rings (SSSR count). The van der Waals surface area contributed by atoms with Gasteiger partial charge in [-0.25, -0.2) is 4.98 Å². The molecule has 1 heterocycles. The largest absolute Gasteiger partial charge is 0.334 e. The summed E-state index contributed by atoms with van der Waals surface area (Å²) in [5, 5.41) is 0. The molecule has 0 fully saturated rings. The molecule has 70 valence electrons. The predicted molar refractivity (Wildman–Crippen MR) is 54.7 cm³/mol. The van der Waals surface area contributed by atoms with Crippen LogP contribution < -0.4 is 0 Å². The lowest BCUT2D eigenvalue weighted by Gasteiger charge is -2.08. The molecule has 0 amide bonds. The van der Waals surface area contributed by atoms with Gasteiger partial charge in [0.1, 0.15) is 5.82 Å². The van der Waals surface area contributed by atoms with Crippen molar-refractivity contribution in [1.29, 1.82) is 0 Å². The third-order valence-electron chi connectivity index (χ3n) is 2.62. The summed E-state index contributed by atoms with van der Waals surface area (Å²) in [6.45, 7) is 4.38. The number of rotatable bonds is 1. The van der Waals surface area contributed by atoms with E-state index in [1.54, 1.807) is 0 Å². The lowest BCUT2D eigenvalue weighted by atomic mass is 10.1. The minimum Gasteiger partial charge on any atom is -0.334 e. The summed E-state index contributed by atoms with van der Waals surface area (Å²) < 4.78 is 2.25. The van der Waals surface area contributed by atoms with E-state index in [-0.39, 0.29) is 0 Å². The molecule has 0 radical (unpaired) electrons. The highest BCUT2D eigenvalue weighted by Crippen LogP contribution is 2.22. The first-order valence-corrected chi connectivity index (χ1v) is 4.92. The maximum Gasteiger partial charge on any atom is 0.111 e. The molecule has 2 nitrogen and oxygen atoms in total. The highest BCUT2D eigenvalue weighted by Gasteiger charge is 2.15. The summed E-state index contributed by atoms with van der Waals surface area (Å²) in [6, 6.07) is 0. The Balaban J connectivity index is 2.52. The van der Waals surface area contributed by atoms with E-state index in [2.05, 4.69) is 42.6 Å². The Hall–Kier alpha value is -1.05. The van der Waals surface area contributed by atoms with Crippen LogP contribution in [0.3, 0.4) is 0 Å².